The molecular weight excluding hydrogens is 210 g/mol. The van der Waals surface area contributed by atoms with Crippen molar-refractivity contribution in [3.05, 3.63) is 34.6 Å². The molecule has 1 heterocycles. The third kappa shape index (κ3) is 3.67. The molecule has 1 atom stereocenters. The minimum Gasteiger partial charge on any atom is -0.469 e. The van der Waals surface area contributed by atoms with Crippen LogP contribution in [0.5, 0.6) is 0 Å². The van der Waals surface area contributed by atoms with E-state index >= 15 is 0 Å². The fourth-order valence-electron chi connectivity index (χ4n) is 1.29. The lowest BCUT2D eigenvalue weighted by Gasteiger charge is -2.07. The van der Waals surface area contributed by atoms with Gasteiger partial charge in [0.15, 0.2) is 0 Å². The molecule has 0 saturated carbocycles. The maximum absolute atomic E-state index is 11.1. The summed E-state index contributed by atoms with van der Waals surface area (Å²) in [6.07, 6.45) is 2.09. The van der Waals surface area contributed by atoms with Crippen molar-refractivity contribution in [1.29, 1.82) is 0 Å². The zero-order chi connectivity index (χ0) is 11.8. The fourth-order valence-corrected chi connectivity index (χ4v) is 1.29. The van der Waals surface area contributed by atoms with Crippen molar-refractivity contribution < 1.29 is 13.9 Å². The second-order valence-electron chi connectivity index (χ2n) is 3.08. The Morgan fingerprint density at radius 1 is 1.75 bits per heavy atom. The van der Waals surface area contributed by atoms with Crippen LogP contribution in [0.2, 0.25) is 0 Å². The zero-order valence-corrected chi connectivity index (χ0v) is 9.00. The summed E-state index contributed by atoms with van der Waals surface area (Å²) in [7, 11) is 0. The van der Waals surface area contributed by atoms with Crippen LogP contribution in [0.4, 0.5) is 0 Å². The Bertz CT molecular complexity index is 369. The van der Waals surface area contributed by atoms with E-state index in [9.17, 15) is 4.79 Å². The molecule has 0 aromatic carbocycles. The van der Waals surface area contributed by atoms with Crippen molar-refractivity contribution in [3.63, 3.8) is 0 Å². The van der Waals surface area contributed by atoms with Gasteiger partial charge < -0.3 is 9.15 Å². The van der Waals surface area contributed by atoms with E-state index < -0.39 is 6.04 Å². The van der Waals surface area contributed by atoms with Crippen molar-refractivity contribution in [2.45, 2.75) is 25.8 Å². The molecule has 1 unspecified atom stereocenters. The number of esters is 1. The first-order chi connectivity index (χ1) is 7.77. The Morgan fingerprint density at radius 2 is 2.56 bits per heavy atom. The van der Waals surface area contributed by atoms with Crippen LogP contribution in [0, 0.1) is 0 Å². The molecule has 0 aliphatic carbocycles. The number of carbonyl (C=O) groups excluding carboxylic acids is 1. The van der Waals surface area contributed by atoms with Gasteiger partial charge in [-0.3, -0.25) is 4.79 Å². The van der Waals surface area contributed by atoms with Crippen molar-refractivity contribution in [3.8, 4) is 0 Å². The molecule has 6 heteroatoms. The highest BCUT2D eigenvalue weighted by Gasteiger charge is 2.14. The van der Waals surface area contributed by atoms with Gasteiger partial charge in [-0.2, -0.15) is 0 Å². The molecule has 0 N–H and O–H groups in total. The molecule has 0 aliphatic heterocycles. The average Bonchev–Trinajstić information content (AvgIpc) is 2.78. The molecule has 0 aliphatic rings. The maximum Gasteiger partial charge on any atom is 0.305 e. The summed E-state index contributed by atoms with van der Waals surface area (Å²) in [5.74, 6) is 0.259. The van der Waals surface area contributed by atoms with Crippen molar-refractivity contribution in [1.82, 2.24) is 0 Å². The minimum absolute atomic E-state index is 0.207. The molecule has 1 aromatic heterocycles. The summed E-state index contributed by atoms with van der Waals surface area (Å²) in [6.45, 7) is 2.10. The average molecular weight is 223 g/mol. The SMILES string of the molecule is CCOC(=O)CCC(N=[N+]=[N-])c1ccco1. The first-order valence-electron chi connectivity index (χ1n) is 5.01. The van der Waals surface area contributed by atoms with Crippen LogP contribution in [-0.4, -0.2) is 12.6 Å². The number of hydrogen-bond acceptors (Lipinski definition) is 4. The van der Waals surface area contributed by atoms with E-state index in [1.165, 1.54) is 6.26 Å². The van der Waals surface area contributed by atoms with E-state index in [2.05, 4.69) is 10.0 Å². The minimum atomic E-state index is -0.454. The Kier molecular flexibility index (Phi) is 4.95. The second kappa shape index (κ2) is 6.53. The first-order valence-corrected chi connectivity index (χ1v) is 5.01. The number of azide groups is 1. The normalized spacial score (nSPS) is 11.6. The quantitative estimate of drug-likeness (QED) is 0.321. The van der Waals surface area contributed by atoms with Crippen molar-refractivity contribution >= 4 is 5.97 Å². The molecular formula is C10H13N3O3. The van der Waals surface area contributed by atoms with Crippen LogP contribution in [-0.2, 0) is 9.53 Å². The monoisotopic (exact) mass is 223 g/mol. The highest BCUT2D eigenvalue weighted by molar-refractivity contribution is 5.69. The number of nitrogens with zero attached hydrogens (tertiary/aromatic N) is 3. The van der Waals surface area contributed by atoms with Crippen LogP contribution in [0.15, 0.2) is 27.9 Å². The second-order valence-corrected chi connectivity index (χ2v) is 3.08. The predicted molar refractivity (Wildman–Crippen MR) is 56.5 cm³/mol. The van der Waals surface area contributed by atoms with Gasteiger partial charge in [-0.05, 0) is 31.0 Å². The molecule has 0 fully saturated rings. The van der Waals surface area contributed by atoms with Crippen LogP contribution < -0.4 is 0 Å². The van der Waals surface area contributed by atoms with Gasteiger partial charge in [0, 0.05) is 11.3 Å². The van der Waals surface area contributed by atoms with Crippen LogP contribution in [0.3, 0.4) is 0 Å². The van der Waals surface area contributed by atoms with E-state index in [1.807, 2.05) is 0 Å². The zero-order valence-electron chi connectivity index (χ0n) is 9.00. The predicted octanol–water partition coefficient (Wildman–Crippen LogP) is 2.97. The van der Waals surface area contributed by atoms with Gasteiger partial charge in [0.05, 0.1) is 18.9 Å². The Morgan fingerprint density at radius 3 is 3.12 bits per heavy atom. The Hall–Kier alpha value is -1.94. The molecule has 0 saturated heterocycles. The standard InChI is InChI=1S/C10H13N3O3/c1-2-15-10(14)6-5-8(12-13-11)9-4-3-7-16-9/h3-4,7-8H,2,5-6H2,1H3. The number of rotatable bonds is 6. The van der Waals surface area contributed by atoms with Gasteiger partial charge in [0.25, 0.3) is 0 Å². The van der Waals surface area contributed by atoms with E-state index in [4.69, 9.17) is 14.7 Å². The molecule has 0 bridgehead atoms. The summed E-state index contributed by atoms with van der Waals surface area (Å²) in [4.78, 5) is 13.9. The van der Waals surface area contributed by atoms with E-state index in [-0.39, 0.29) is 12.4 Å². The Labute approximate surface area is 92.8 Å². The van der Waals surface area contributed by atoms with Gasteiger partial charge in [0.1, 0.15) is 5.76 Å². The summed E-state index contributed by atoms with van der Waals surface area (Å²) in [6, 6.07) is 2.97. The molecule has 1 aromatic rings. The molecule has 0 radical (unpaired) electrons. The fraction of sp³-hybridized carbons (Fsp3) is 0.500. The highest BCUT2D eigenvalue weighted by atomic mass is 16.5. The highest BCUT2D eigenvalue weighted by Crippen LogP contribution is 2.23. The van der Waals surface area contributed by atoms with Crippen molar-refractivity contribution in [2.24, 2.45) is 5.11 Å². The van der Waals surface area contributed by atoms with Crippen LogP contribution in [0.1, 0.15) is 31.6 Å². The summed E-state index contributed by atoms with van der Waals surface area (Å²) >= 11 is 0. The lowest BCUT2D eigenvalue weighted by Crippen LogP contribution is -2.05. The molecule has 1 rings (SSSR count). The largest absolute Gasteiger partial charge is 0.469 e. The van der Waals surface area contributed by atoms with Crippen molar-refractivity contribution in [2.75, 3.05) is 6.61 Å². The first kappa shape index (κ1) is 12.1. The van der Waals surface area contributed by atoms with E-state index in [1.54, 1.807) is 19.1 Å². The van der Waals surface area contributed by atoms with Gasteiger partial charge in [0.2, 0.25) is 0 Å². The third-order valence-corrected chi connectivity index (χ3v) is 1.99. The van der Waals surface area contributed by atoms with Gasteiger partial charge >= 0.3 is 5.97 Å². The molecule has 16 heavy (non-hydrogen) atoms. The summed E-state index contributed by atoms with van der Waals surface area (Å²) in [5, 5.41) is 3.58. The number of carbonyl (C=O) groups is 1. The smallest absolute Gasteiger partial charge is 0.305 e. The van der Waals surface area contributed by atoms with Gasteiger partial charge in [-0.15, -0.1) is 0 Å². The van der Waals surface area contributed by atoms with E-state index in [0.29, 0.717) is 18.8 Å². The third-order valence-electron chi connectivity index (χ3n) is 1.99. The molecule has 86 valence electrons. The molecule has 0 spiro atoms. The van der Waals surface area contributed by atoms with Gasteiger partial charge in [-0.1, -0.05) is 5.11 Å². The number of hydrogen-bond donors (Lipinski definition) is 0. The topological polar surface area (TPSA) is 88.2 Å². The van der Waals surface area contributed by atoms with E-state index in [0.717, 1.165) is 0 Å². The Balaban J connectivity index is 2.53. The summed E-state index contributed by atoms with van der Waals surface area (Å²) in [5.41, 5.74) is 8.40. The number of ether oxygens (including phenoxy) is 1. The molecule has 0 amide bonds. The van der Waals surface area contributed by atoms with Crippen LogP contribution >= 0.6 is 0 Å². The number of furan rings is 1. The van der Waals surface area contributed by atoms with Crippen LogP contribution in [0.25, 0.3) is 10.4 Å². The molecule has 6 nitrogen and oxygen atoms in total. The maximum atomic E-state index is 11.1. The lowest BCUT2D eigenvalue weighted by atomic mass is 10.1. The van der Waals surface area contributed by atoms with Gasteiger partial charge in [-0.25, -0.2) is 0 Å². The lowest BCUT2D eigenvalue weighted by molar-refractivity contribution is -0.143. The summed E-state index contributed by atoms with van der Waals surface area (Å²) < 4.78 is 9.91.